The van der Waals surface area contributed by atoms with Crippen LogP contribution in [0.4, 0.5) is 0 Å². The molecule has 13 rings (SSSR count). The highest BCUT2D eigenvalue weighted by Crippen LogP contribution is 2.56. The Morgan fingerprint density at radius 2 is 0.444 bits per heavy atom. The van der Waals surface area contributed by atoms with Crippen molar-refractivity contribution in [2.75, 3.05) is 0 Å². The Hall–Kier alpha value is -9.43. The van der Waals surface area contributed by atoms with Gasteiger partial charge in [0.25, 0.3) is 0 Å². The number of hydrogen-bond donors (Lipinski definition) is 0. The fourth-order valence-corrected chi connectivity index (χ4v) is 11.2. The summed E-state index contributed by atoms with van der Waals surface area (Å²) in [7, 11) is 0. The second-order valence-corrected chi connectivity index (χ2v) is 18.5. The van der Waals surface area contributed by atoms with Gasteiger partial charge in [0.1, 0.15) is 0 Å². The smallest absolute Gasteiger partial charge is 0.0708 e. The van der Waals surface area contributed by atoms with Crippen LogP contribution in [-0.2, 0) is 0 Å². The largest absolute Gasteiger partial charge is 0.256 e. The molecule has 0 atom stereocenters. The van der Waals surface area contributed by atoms with Crippen LogP contribution < -0.4 is 0 Å². The number of aromatic nitrogens is 1. The molecule has 1 heteroatoms. The minimum absolute atomic E-state index is 0.963. The summed E-state index contributed by atoms with van der Waals surface area (Å²) in [6.45, 7) is 0. The summed E-state index contributed by atoms with van der Waals surface area (Å²) in [5, 5.41) is 7.15. The van der Waals surface area contributed by atoms with E-state index in [1.807, 2.05) is 6.20 Å². The first-order valence-electron chi connectivity index (χ1n) is 24.8. The Morgan fingerprint density at radius 1 is 0.181 bits per heavy atom. The van der Waals surface area contributed by atoms with Crippen molar-refractivity contribution in [1.82, 2.24) is 4.98 Å². The maximum absolute atomic E-state index is 4.94. The quantitative estimate of drug-likeness (QED) is 0.132. The van der Waals surface area contributed by atoms with E-state index in [0.29, 0.717) is 0 Å². The normalized spacial score (nSPS) is 11.3. The zero-order valence-corrected chi connectivity index (χ0v) is 39.6. The molecule has 0 fully saturated rings. The Bertz CT molecular complexity index is 3950. The van der Waals surface area contributed by atoms with Gasteiger partial charge in [0.15, 0.2) is 0 Å². The van der Waals surface area contributed by atoms with Gasteiger partial charge in [-0.3, -0.25) is 4.98 Å². The summed E-state index contributed by atoms with van der Waals surface area (Å²) in [6.07, 6.45) is 1.99. The zero-order valence-electron chi connectivity index (χ0n) is 39.6. The van der Waals surface area contributed by atoms with Crippen LogP contribution in [0.15, 0.2) is 285 Å². The van der Waals surface area contributed by atoms with Gasteiger partial charge in [-0.2, -0.15) is 0 Å². The molecule has 72 heavy (non-hydrogen) atoms. The van der Waals surface area contributed by atoms with Crippen LogP contribution in [-0.4, -0.2) is 4.98 Å². The van der Waals surface area contributed by atoms with Gasteiger partial charge in [-0.05, 0) is 134 Å². The average molecular weight is 914 g/mol. The van der Waals surface area contributed by atoms with Crippen molar-refractivity contribution in [1.29, 1.82) is 0 Å². The minimum atomic E-state index is 0.963. The van der Waals surface area contributed by atoms with Gasteiger partial charge in [0.05, 0.1) is 5.69 Å². The number of nitrogens with zero attached hydrogens (tertiary/aromatic N) is 1. The summed E-state index contributed by atoms with van der Waals surface area (Å²) in [5.74, 6) is 0. The first-order chi connectivity index (χ1) is 35.8. The van der Waals surface area contributed by atoms with Crippen molar-refractivity contribution >= 4 is 32.3 Å². The van der Waals surface area contributed by atoms with E-state index in [1.165, 1.54) is 77.0 Å². The van der Waals surface area contributed by atoms with E-state index >= 15 is 0 Å². The van der Waals surface area contributed by atoms with Crippen molar-refractivity contribution in [2.45, 2.75) is 0 Å². The van der Waals surface area contributed by atoms with Crippen molar-refractivity contribution in [3.8, 4) is 100 Å². The SMILES string of the molecule is c1ccc(-c2c(-c3ccccc3)c(-c3ccccc3)c(-c3cccc(-c4c5ccccc5c(-c5cccc(-c6cc7ccccc7cn6)c5)c5ccccc45)c3)c(-c3ccccc3)c2-c2ccccc2)cc1. The van der Waals surface area contributed by atoms with E-state index in [2.05, 4.69) is 279 Å². The lowest BCUT2D eigenvalue weighted by Gasteiger charge is -2.29. The third-order valence-electron chi connectivity index (χ3n) is 14.3. The van der Waals surface area contributed by atoms with E-state index in [4.69, 9.17) is 4.98 Å². The average Bonchev–Trinajstić information content (AvgIpc) is 3.46. The standard InChI is InChI=1S/C71H47N/c1-6-24-48(25-7-1)66-67(49-26-8-2-9-27-49)69(51-30-12-4-13-31-51)71(70(52-32-14-5-15-33-52)68(66)50-28-10-3-11-29-50)57-39-23-38-56(45-57)65-61-42-20-18-40-59(61)64(60-41-19-21-43-62(60)65)55-37-22-36-54(44-55)63-46-53-34-16-17-35-58(53)47-72-63/h1-47H. The van der Waals surface area contributed by atoms with Crippen molar-refractivity contribution < 1.29 is 0 Å². The lowest BCUT2D eigenvalue weighted by Crippen LogP contribution is -2.02. The van der Waals surface area contributed by atoms with Gasteiger partial charge in [-0.25, -0.2) is 0 Å². The molecule has 1 aromatic heterocycles. The van der Waals surface area contributed by atoms with Crippen LogP contribution in [0.3, 0.4) is 0 Å². The number of pyridine rings is 1. The molecule has 0 spiro atoms. The van der Waals surface area contributed by atoms with E-state index < -0.39 is 0 Å². The number of hydrogen-bond acceptors (Lipinski definition) is 1. The molecule has 336 valence electrons. The van der Waals surface area contributed by atoms with Crippen LogP contribution in [0, 0.1) is 0 Å². The molecule has 0 N–H and O–H groups in total. The molecule has 0 saturated carbocycles. The number of fused-ring (bicyclic) bond motifs is 3. The van der Waals surface area contributed by atoms with Crippen LogP contribution in [0.1, 0.15) is 0 Å². The minimum Gasteiger partial charge on any atom is -0.256 e. The third-order valence-corrected chi connectivity index (χ3v) is 14.3. The summed E-state index contributed by atoms with van der Waals surface area (Å²) in [6, 6.07) is 102. The van der Waals surface area contributed by atoms with E-state index in [1.54, 1.807) is 0 Å². The molecule has 12 aromatic carbocycles. The molecule has 0 aliphatic carbocycles. The van der Waals surface area contributed by atoms with Crippen molar-refractivity contribution in [3.63, 3.8) is 0 Å². The predicted molar refractivity (Wildman–Crippen MR) is 306 cm³/mol. The highest BCUT2D eigenvalue weighted by atomic mass is 14.7. The molecule has 0 amide bonds. The highest BCUT2D eigenvalue weighted by Gasteiger charge is 2.29. The van der Waals surface area contributed by atoms with Gasteiger partial charge in [-0.15, -0.1) is 0 Å². The molecule has 0 unspecified atom stereocenters. The van der Waals surface area contributed by atoms with Crippen LogP contribution in [0.25, 0.3) is 133 Å². The second kappa shape index (κ2) is 18.5. The topological polar surface area (TPSA) is 12.9 Å². The summed E-state index contributed by atoms with van der Waals surface area (Å²) < 4.78 is 0. The monoisotopic (exact) mass is 913 g/mol. The number of benzene rings is 12. The van der Waals surface area contributed by atoms with Gasteiger partial charge in [-0.1, -0.05) is 261 Å². The Balaban J connectivity index is 1.12. The van der Waals surface area contributed by atoms with Gasteiger partial charge in [0.2, 0.25) is 0 Å². The van der Waals surface area contributed by atoms with Gasteiger partial charge >= 0.3 is 0 Å². The van der Waals surface area contributed by atoms with E-state index in [-0.39, 0.29) is 0 Å². The van der Waals surface area contributed by atoms with Gasteiger partial charge in [0, 0.05) is 17.1 Å². The second-order valence-electron chi connectivity index (χ2n) is 18.5. The molecular formula is C71H47N. The molecule has 1 heterocycles. The molecule has 0 aliphatic rings. The summed E-state index contributed by atoms with van der Waals surface area (Å²) in [4.78, 5) is 4.94. The van der Waals surface area contributed by atoms with Crippen molar-refractivity contribution in [3.05, 3.63) is 285 Å². The molecule has 0 bridgehead atoms. The molecule has 1 nitrogen and oxygen atoms in total. The number of rotatable bonds is 9. The van der Waals surface area contributed by atoms with Crippen LogP contribution in [0.5, 0.6) is 0 Å². The summed E-state index contributed by atoms with van der Waals surface area (Å²) >= 11 is 0. The molecule has 0 saturated heterocycles. The highest BCUT2D eigenvalue weighted by molar-refractivity contribution is 6.22. The fourth-order valence-electron chi connectivity index (χ4n) is 11.2. The Labute approximate surface area is 420 Å². The lowest BCUT2D eigenvalue weighted by atomic mass is 9.74. The van der Waals surface area contributed by atoms with Crippen LogP contribution in [0.2, 0.25) is 0 Å². The van der Waals surface area contributed by atoms with E-state index in [9.17, 15) is 0 Å². The molecule has 0 radical (unpaired) electrons. The first kappa shape index (κ1) is 42.7. The Kier molecular flexibility index (Phi) is 10.9. The molecular weight excluding hydrogens is 867 g/mol. The van der Waals surface area contributed by atoms with Crippen molar-refractivity contribution in [2.24, 2.45) is 0 Å². The van der Waals surface area contributed by atoms with Crippen LogP contribution >= 0.6 is 0 Å². The van der Waals surface area contributed by atoms with Gasteiger partial charge < -0.3 is 0 Å². The van der Waals surface area contributed by atoms with E-state index in [0.717, 1.165) is 55.6 Å². The zero-order chi connectivity index (χ0) is 47.8. The lowest BCUT2D eigenvalue weighted by molar-refractivity contribution is 1.36. The third kappa shape index (κ3) is 7.56. The Morgan fingerprint density at radius 3 is 0.819 bits per heavy atom. The fraction of sp³-hybridized carbons (Fsp3) is 0. The molecule has 13 aromatic rings. The maximum Gasteiger partial charge on any atom is 0.0708 e. The maximum atomic E-state index is 4.94. The summed E-state index contributed by atoms with van der Waals surface area (Å²) in [5.41, 5.74) is 21.0. The predicted octanol–water partition coefficient (Wildman–Crippen LogP) is 19.5. The molecule has 0 aliphatic heterocycles. The first-order valence-corrected chi connectivity index (χ1v) is 24.8.